The number of hydrogen-bond donors (Lipinski definition) is 1. The van der Waals surface area contributed by atoms with Crippen molar-refractivity contribution in [1.29, 1.82) is 0 Å². The average Bonchev–Trinajstić information content (AvgIpc) is 2.24. The molecule has 1 atom stereocenters. The van der Waals surface area contributed by atoms with Gasteiger partial charge in [-0.05, 0) is 36.5 Å². The maximum atomic E-state index is 6.22. The van der Waals surface area contributed by atoms with E-state index in [0.717, 1.165) is 18.1 Å². The highest BCUT2D eigenvalue weighted by Crippen LogP contribution is 2.34. The molecule has 1 unspecified atom stereocenters. The lowest BCUT2D eigenvalue weighted by Crippen LogP contribution is -2.20. The molecule has 1 aromatic rings. The number of nitrogens with two attached hydrogens (primary N) is 1. The molecule has 0 amide bonds. The summed E-state index contributed by atoms with van der Waals surface area (Å²) >= 11 is 0. The van der Waals surface area contributed by atoms with Crippen molar-refractivity contribution in [2.45, 2.75) is 38.6 Å². The molecule has 2 rings (SSSR count). The number of methoxy groups -OCH3 is 1. The van der Waals surface area contributed by atoms with E-state index in [1.807, 2.05) is 0 Å². The first-order valence-electron chi connectivity index (χ1n) is 6.11. The zero-order valence-electron chi connectivity index (χ0n) is 10.2. The standard InChI is InChI=1S/C14H21NO/c1-10-6-7-12(9-14(10)16-2)13(15)8-11-4-3-5-11/h6-7,9,11,13H,3-5,8,15H2,1-2H3. The minimum absolute atomic E-state index is 0.166. The maximum Gasteiger partial charge on any atom is 0.122 e. The third kappa shape index (κ3) is 2.38. The van der Waals surface area contributed by atoms with E-state index in [4.69, 9.17) is 10.5 Å². The van der Waals surface area contributed by atoms with E-state index in [-0.39, 0.29) is 6.04 Å². The van der Waals surface area contributed by atoms with E-state index >= 15 is 0 Å². The molecule has 1 fully saturated rings. The second kappa shape index (κ2) is 4.88. The smallest absolute Gasteiger partial charge is 0.122 e. The van der Waals surface area contributed by atoms with Gasteiger partial charge in [0.1, 0.15) is 5.75 Å². The van der Waals surface area contributed by atoms with Crippen LogP contribution in [0.3, 0.4) is 0 Å². The number of benzene rings is 1. The van der Waals surface area contributed by atoms with Gasteiger partial charge in [-0.25, -0.2) is 0 Å². The molecule has 0 spiro atoms. The molecule has 0 heterocycles. The van der Waals surface area contributed by atoms with Crippen LogP contribution in [0, 0.1) is 12.8 Å². The van der Waals surface area contributed by atoms with Crippen LogP contribution >= 0.6 is 0 Å². The molecule has 88 valence electrons. The largest absolute Gasteiger partial charge is 0.496 e. The van der Waals surface area contributed by atoms with Crippen molar-refractivity contribution in [2.75, 3.05) is 7.11 Å². The van der Waals surface area contributed by atoms with Gasteiger partial charge in [-0.2, -0.15) is 0 Å². The fourth-order valence-corrected chi connectivity index (χ4v) is 2.29. The zero-order chi connectivity index (χ0) is 11.5. The predicted molar refractivity (Wildman–Crippen MR) is 66.6 cm³/mol. The van der Waals surface area contributed by atoms with Gasteiger partial charge < -0.3 is 10.5 Å². The Labute approximate surface area is 97.8 Å². The topological polar surface area (TPSA) is 35.2 Å². The highest BCUT2D eigenvalue weighted by atomic mass is 16.5. The second-order valence-electron chi connectivity index (χ2n) is 4.87. The lowest BCUT2D eigenvalue weighted by atomic mass is 9.80. The molecule has 0 aliphatic heterocycles. The summed E-state index contributed by atoms with van der Waals surface area (Å²) in [5, 5.41) is 0. The molecule has 2 nitrogen and oxygen atoms in total. The van der Waals surface area contributed by atoms with Crippen LogP contribution in [0.2, 0.25) is 0 Å². The summed E-state index contributed by atoms with van der Waals surface area (Å²) in [5.41, 5.74) is 8.60. The summed E-state index contributed by atoms with van der Waals surface area (Å²) in [5.74, 6) is 1.80. The summed E-state index contributed by atoms with van der Waals surface area (Å²) < 4.78 is 5.33. The second-order valence-corrected chi connectivity index (χ2v) is 4.87. The number of ether oxygens (including phenoxy) is 1. The molecule has 0 saturated heterocycles. The lowest BCUT2D eigenvalue weighted by Gasteiger charge is -2.28. The van der Waals surface area contributed by atoms with Gasteiger partial charge in [-0.3, -0.25) is 0 Å². The molecule has 16 heavy (non-hydrogen) atoms. The average molecular weight is 219 g/mol. The van der Waals surface area contributed by atoms with Crippen LogP contribution in [0.25, 0.3) is 0 Å². The Kier molecular flexibility index (Phi) is 3.49. The third-order valence-corrected chi connectivity index (χ3v) is 3.67. The van der Waals surface area contributed by atoms with E-state index in [2.05, 4.69) is 25.1 Å². The summed E-state index contributed by atoms with van der Waals surface area (Å²) in [6, 6.07) is 6.47. The van der Waals surface area contributed by atoms with Crippen LogP contribution < -0.4 is 10.5 Å². The van der Waals surface area contributed by atoms with Crippen LogP contribution in [-0.4, -0.2) is 7.11 Å². The summed E-state index contributed by atoms with van der Waals surface area (Å²) in [7, 11) is 1.71. The van der Waals surface area contributed by atoms with Crippen LogP contribution in [0.5, 0.6) is 5.75 Å². The van der Waals surface area contributed by atoms with Crippen LogP contribution in [-0.2, 0) is 0 Å². The lowest BCUT2D eigenvalue weighted by molar-refractivity contribution is 0.277. The predicted octanol–water partition coefficient (Wildman–Crippen LogP) is 3.19. The molecular weight excluding hydrogens is 198 g/mol. The fraction of sp³-hybridized carbons (Fsp3) is 0.571. The normalized spacial score (nSPS) is 17.9. The number of rotatable bonds is 4. The maximum absolute atomic E-state index is 6.22. The molecule has 1 aliphatic rings. The van der Waals surface area contributed by atoms with E-state index in [9.17, 15) is 0 Å². The van der Waals surface area contributed by atoms with Crippen molar-refractivity contribution in [2.24, 2.45) is 11.7 Å². The van der Waals surface area contributed by atoms with E-state index in [0.29, 0.717) is 0 Å². The van der Waals surface area contributed by atoms with E-state index in [1.165, 1.54) is 30.4 Å². The Morgan fingerprint density at radius 2 is 2.19 bits per heavy atom. The molecule has 2 heteroatoms. The molecular formula is C14H21NO. The van der Waals surface area contributed by atoms with E-state index in [1.54, 1.807) is 7.11 Å². The Bertz CT molecular complexity index is 358. The molecule has 0 radical (unpaired) electrons. The van der Waals surface area contributed by atoms with E-state index < -0.39 is 0 Å². The minimum Gasteiger partial charge on any atom is -0.496 e. The van der Waals surface area contributed by atoms with Crippen molar-refractivity contribution >= 4 is 0 Å². The van der Waals surface area contributed by atoms with Crippen LogP contribution in [0.4, 0.5) is 0 Å². The molecule has 1 aromatic carbocycles. The Morgan fingerprint density at radius 3 is 2.75 bits per heavy atom. The monoisotopic (exact) mass is 219 g/mol. The Morgan fingerprint density at radius 1 is 1.44 bits per heavy atom. The minimum atomic E-state index is 0.166. The number of hydrogen-bond acceptors (Lipinski definition) is 2. The first-order chi connectivity index (χ1) is 7.70. The molecule has 2 N–H and O–H groups in total. The quantitative estimate of drug-likeness (QED) is 0.844. The summed E-state index contributed by atoms with van der Waals surface area (Å²) in [6.07, 6.45) is 5.22. The van der Waals surface area contributed by atoms with Crippen molar-refractivity contribution < 1.29 is 4.74 Å². The van der Waals surface area contributed by atoms with Crippen LogP contribution in [0.1, 0.15) is 42.9 Å². The van der Waals surface area contributed by atoms with Gasteiger partial charge in [0.15, 0.2) is 0 Å². The molecule has 0 bridgehead atoms. The van der Waals surface area contributed by atoms with Gasteiger partial charge >= 0.3 is 0 Å². The molecule has 1 aliphatic carbocycles. The van der Waals surface area contributed by atoms with Gasteiger partial charge in [0.25, 0.3) is 0 Å². The van der Waals surface area contributed by atoms with Crippen molar-refractivity contribution in [3.05, 3.63) is 29.3 Å². The van der Waals surface area contributed by atoms with Crippen molar-refractivity contribution in [1.82, 2.24) is 0 Å². The highest BCUT2D eigenvalue weighted by molar-refractivity contribution is 5.37. The summed E-state index contributed by atoms with van der Waals surface area (Å²) in [6.45, 7) is 2.06. The SMILES string of the molecule is COc1cc(C(N)CC2CCC2)ccc1C. The van der Waals surface area contributed by atoms with Crippen LogP contribution in [0.15, 0.2) is 18.2 Å². The first kappa shape index (κ1) is 11.5. The van der Waals surface area contributed by atoms with Gasteiger partial charge in [0.05, 0.1) is 7.11 Å². The van der Waals surface area contributed by atoms with Crippen molar-refractivity contribution in [3.8, 4) is 5.75 Å². The van der Waals surface area contributed by atoms with Crippen molar-refractivity contribution in [3.63, 3.8) is 0 Å². The first-order valence-corrected chi connectivity index (χ1v) is 6.11. The fourth-order valence-electron chi connectivity index (χ4n) is 2.29. The molecule has 1 saturated carbocycles. The van der Waals surface area contributed by atoms with Gasteiger partial charge in [0.2, 0.25) is 0 Å². The van der Waals surface area contributed by atoms with Gasteiger partial charge in [0, 0.05) is 6.04 Å². The van der Waals surface area contributed by atoms with Gasteiger partial charge in [-0.15, -0.1) is 0 Å². The summed E-state index contributed by atoms with van der Waals surface area (Å²) in [4.78, 5) is 0. The highest BCUT2D eigenvalue weighted by Gasteiger charge is 2.21. The number of aryl methyl sites for hydroxylation is 1. The molecule has 0 aromatic heterocycles. The zero-order valence-corrected chi connectivity index (χ0v) is 10.2. The Hall–Kier alpha value is -1.02. The van der Waals surface area contributed by atoms with Gasteiger partial charge in [-0.1, -0.05) is 31.4 Å². The Balaban J connectivity index is 2.06. The third-order valence-electron chi connectivity index (χ3n) is 3.67.